The van der Waals surface area contributed by atoms with Gasteiger partial charge in [-0.2, -0.15) is 0 Å². The summed E-state index contributed by atoms with van der Waals surface area (Å²) < 4.78 is 13.3. The maximum atomic E-state index is 13.3. The Morgan fingerprint density at radius 1 is 0.682 bits per heavy atom. The average molecular weight is 292 g/mol. The quantitative estimate of drug-likeness (QED) is 0.709. The van der Waals surface area contributed by atoms with Crippen LogP contribution in [-0.2, 0) is 5.60 Å². The van der Waals surface area contributed by atoms with E-state index in [0.717, 1.165) is 16.7 Å². The second-order valence-electron chi connectivity index (χ2n) is 5.45. The Morgan fingerprint density at radius 2 is 1.14 bits per heavy atom. The van der Waals surface area contributed by atoms with Gasteiger partial charge in [0.25, 0.3) is 0 Å². The highest BCUT2D eigenvalue weighted by Crippen LogP contribution is 2.36. The molecule has 3 rings (SSSR count). The third-order valence-corrected chi connectivity index (χ3v) is 3.92. The molecule has 0 radical (unpaired) electrons. The maximum Gasteiger partial charge on any atom is 0.140 e. The van der Waals surface area contributed by atoms with E-state index in [1.807, 2.05) is 61.5 Å². The summed E-state index contributed by atoms with van der Waals surface area (Å²) in [5.41, 5.74) is 1.98. The minimum Gasteiger partial charge on any atom is -0.376 e. The summed E-state index contributed by atoms with van der Waals surface area (Å²) in [5, 5.41) is 11.5. The van der Waals surface area contributed by atoms with Crippen molar-refractivity contribution in [3.8, 4) is 0 Å². The predicted molar refractivity (Wildman–Crippen MR) is 86.1 cm³/mol. The Labute approximate surface area is 129 Å². The van der Waals surface area contributed by atoms with E-state index in [2.05, 4.69) is 0 Å². The first-order valence-electron chi connectivity index (χ1n) is 7.22. The fraction of sp³-hybridized carbons (Fsp3) is 0.100. The number of halogens is 1. The average Bonchev–Trinajstić information content (AvgIpc) is 2.56. The first-order chi connectivity index (χ1) is 10.6. The zero-order valence-electron chi connectivity index (χ0n) is 12.3. The van der Waals surface area contributed by atoms with Gasteiger partial charge in [0.05, 0.1) is 0 Å². The van der Waals surface area contributed by atoms with E-state index in [1.54, 1.807) is 12.1 Å². The summed E-state index contributed by atoms with van der Waals surface area (Å²) in [5.74, 6) is -0.317. The van der Waals surface area contributed by atoms with Gasteiger partial charge >= 0.3 is 0 Å². The fourth-order valence-electron chi connectivity index (χ4n) is 2.67. The van der Waals surface area contributed by atoms with Gasteiger partial charge in [0.2, 0.25) is 0 Å². The Hall–Kier alpha value is -2.45. The molecule has 0 aromatic heterocycles. The Balaban J connectivity index is 2.22. The molecule has 0 amide bonds. The van der Waals surface area contributed by atoms with Crippen molar-refractivity contribution in [2.45, 2.75) is 12.5 Å². The molecule has 0 spiro atoms. The van der Waals surface area contributed by atoms with Gasteiger partial charge in [-0.1, -0.05) is 72.3 Å². The Bertz CT molecular complexity index is 700. The van der Waals surface area contributed by atoms with Crippen LogP contribution in [0.15, 0.2) is 78.9 Å². The molecule has 3 aromatic rings. The number of hydrogen-bond acceptors (Lipinski definition) is 1. The number of aryl methyl sites for hydroxylation is 1. The molecule has 0 fully saturated rings. The maximum absolute atomic E-state index is 13.3. The van der Waals surface area contributed by atoms with Crippen LogP contribution in [0.4, 0.5) is 4.39 Å². The van der Waals surface area contributed by atoms with Crippen LogP contribution in [0.3, 0.4) is 0 Å². The van der Waals surface area contributed by atoms with Gasteiger partial charge in [-0.15, -0.1) is 0 Å². The van der Waals surface area contributed by atoms with Crippen molar-refractivity contribution in [1.82, 2.24) is 0 Å². The van der Waals surface area contributed by atoms with Crippen molar-refractivity contribution >= 4 is 0 Å². The van der Waals surface area contributed by atoms with Gasteiger partial charge in [-0.25, -0.2) is 4.39 Å². The summed E-state index contributed by atoms with van der Waals surface area (Å²) in [6, 6.07) is 23.2. The van der Waals surface area contributed by atoms with Crippen molar-refractivity contribution in [3.63, 3.8) is 0 Å². The minimum atomic E-state index is -1.30. The summed E-state index contributed by atoms with van der Waals surface area (Å²) in [6.45, 7) is 2.00. The molecule has 0 saturated heterocycles. The highest BCUT2D eigenvalue weighted by molar-refractivity contribution is 5.47. The second-order valence-corrected chi connectivity index (χ2v) is 5.45. The zero-order chi connectivity index (χ0) is 15.6. The van der Waals surface area contributed by atoms with Crippen molar-refractivity contribution in [3.05, 3.63) is 107 Å². The van der Waals surface area contributed by atoms with E-state index >= 15 is 0 Å². The van der Waals surface area contributed by atoms with E-state index in [-0.39, 0.29) is 5.82 Å². The summed E-state index contributed by atoms with van der Waals surface area (Å²) in [6.07, 6.45) is 0. The van der Waals surface area contributed by atoms with E-state index in [1.165, 1.54) is 12.1 Å². The standard InChI is InChI=1S/C20H17FO/c1-15-7-9-17(10-8-15)20(22,16-5-3-2-4-6-16)18-11-13-19(21)14-12-18/h2-14,22H,1H3/t20-/m1/s1. The number of aliphatic hydroxyl groups is 1. The van der Waals surface area contributed by atoms with Gasteiger partial charge in [0, 0.05) is 0 Å². The number of benzene rings is 3. The summed E-state index contributed by atoms with van der Waals surface area (Å²) in [7, 11) is 0. The molecule has 0 heterocycles. The Morgan fingerprint density at radius 3 is 1.68 bits per heavy atom. The summed E-state index contributed by atoms with van der Waals surface area (Å²) in [4.78, 5) is 0. The SMILES string of the molecule is Cc1ccc([C@](O)(c2ccccc2)c2ccc(F)cc2)cc1. The van der Waals surface area contributed by atoms with Crippen LogP contribution in [0.2, 0.25) is 0 Å². The minimum absolute atomic E-state index is 0.317. The zero-order valence-corrected chi connectivity index (χ0v) is 12.3. The third kappa shape index (κ3) is 2.53. The third-order valence-electron chi connectivity index (χ3n) is 3.92. The smallest absolute Gasteiger partial charge is 0.140 e. The van der Waals surface area contributed by atoms with Crippen LogP contribution < -0.4 is 0 Å². The lowest BCUT2D eigenvalue weighted by Crippen LogP contribution is -2.28. The topological polar surface area (TPSA) is 20.2 Å². The van der Waals surface area contributed by atoms with E-state index < -0.39 is 5.60 Å². The van der Waals surface area contributed by atoms with Crippen LogP contribution in [0.25, 0.3) is 0 Å². The molecule has 2 heteroatoms. The molecule has 1 nitrogen and oxygen atoms in total. The number of hydrogen-bond donors (Lipinski definition) is 1. The second kappa shape index (κ2) is 5.74. The molecule has 0 aliphatic rings. The van der Waals surface area contributed by atoms with Crippen LogP contribution in [0.5, 0.6) is 0 Å². The van der Waals surface area contributed by atoms with Crippen molar-refractivity contribution in [1.29, 1.82) is 0 Å². The molecule has 22 heavy (non-hydrogen) atoms. The molecule has 0 aliphatic carbocycles. The van der Waals surface area contributed by atoms with Crippen LogP contribution in [0, 0.1) is 12.7 Å². The monoisotopic (exact) mass is 292 g/mol. The van der Waals surface area contributed by atoms with Crippen LogP contribution in [0.1, 0.15) is 22.3 Å². The molecule has 1 N–H and O–H groups in total. The van der Waals surface area contributed by atoms with E-state index in [0.29, 0.717) is 5.56 Å². The van der Waals surface area contributed by atoms with Crippen LogP contribution in [-0.4, -0.2) is 5.11 Å². The van der Waals surface area contributed by atoms with Gasteiger partial charge < -0.3 is 5.11 Å². The first-order valence-corrected chi connectivity index (χ1v) is 7.22. The molecule has 1 atom stereocenters. The highest BCUT2D eigenvalue weighted by atomic mass is 19.1. The largest absolute Gasteiger partial charge is 0.376 e. The lowest BCUT2D eigenvalue weighted by Gasteiger charge is -2.30. The predicted octanol–water partition coefficient (Wildman–Crippen LogP) is 4.42. The van der Waals surface area contributed by atoms with Gasteiger partial charge in [-0.3, -0.25) is 0 Å². The molecule has 0 saturated carbocycles. The molecule has 0 aliphatic heterocycles. The number of rotatable bonds is 3. The molecule has 0 unspecified atom stereocenters. The van der Waals surface area contributed by atoms with E-state index in [9.17, 15) is 9.50 Å². The van der Waals surface area contributed by atoms with Gasteiger partial charge in [-0.05, 0) is 35.7 Å². The lowest BCUT2D eigenvalue weighted by molar-refractivity contribution is 0.125. The van der Waals surface area contributed by atoms with Gasteiger partial charge in [0.1, 0.15) is 11.4 Å². The first kappa shape index (κ1) is 14.5. The van der Waals surface area contributed by atoms with E-state index in [4.69, 9.17) is 0 Å². The van der Waals surface area contributed by atoms with Gasteiger partial charge in [0.15, 0.2) is 0 Å². The fourth-order valence-corrected chi connectivity index (χ4v) is 2.67. The van der Waals surface area contributed by atoms with Crippen molar-refractivity contribution in [2.75, 3.05) is 0 Å². The van der Waals surface area contributed by atoms with Crippen molar-refractivity contribution < 1.29 is 9.50 Å². The van der Waals surface area contributed by atoms with Crippen molar-refractivity contribution in [2.24, 2.45) is 0 Å². The molecule has 3 aromatic carbocycles. The Kier molecular flexibility index (Phi) is 3.78. The molecular formula is C20H17FO. The normalized spacial score (nSPS) is 13.6. The molecule has 0 bridgehead atoms. The molecule has 110 valence electrons. The summed E-state index contributed by atoms with van der Waals surface area (Å²) >= 11 is 0. The lowest BCUT2D eigenvalue weighted by atomic mass is 9.80. The molecular weight excluding hydrogens is 275 g/mol. The van der Waals surface area contributed by atoms with Crippen LogP contribution >= 0.6 is 0 Å². The highest BCUT2D eigenvalue weighted by Gasteiger charge is 2.33.